The lowest BCUT2D eigenvalue weighted by Gasteiger charge is -2.07. The summed E-state index contributed by atoms with van der Waals surface area (Å²) in [6.45, 7) is 4.22. The third kappa shape index (κ3) is 4.54. The molecule has 3 nitrogen and oxygen atoms in total. The third-order valence-electron chi connectivity index (χ3n) is 2.61. The van der Waals surface area contributed by atoms with Crippen LogP contribution in [0.4, 0.5) is 0 Å². The lowest BCUT2D eigenvalue weighted by Crippen LogP contribution is -2.13. The van der Waals surface area contributed by atoms with E-state index >= 15 is 0 Å². The minimum Gasteiger partial charge on any atom is -0.473 e. The largest absolute Gasteiger partial charge is 0.473 e. The molecule has 0 radical (unpaired) electrons. The molecule has 4 heteroatoms. The maximum Gasteiger partial charge on any atom is 0.213 e. The lowest BCUT2D eigenvalue weighted by atomic mass is 10.2. The van der Waals surface area contributed by atoms with E-state index in [0.29, 0.717) is 12.5 Å². The summed E-state index contributed by atoms with van der Waals surface area (Å²) in [4.78, 5) is 4.43. The van der Waals surface area contributed by atoms with Gasteiger partial charge in [-0.2, -0.15) is 0 Å². The van der Waals surface area contributed by atoms with Crippen molar-refractivity contribution < 1.29 is 4.74 Å². The van der Waals surface area contributed by atoms with Crippen LogP contribution in [0.25, 0.3) is 0 Å². The molecule has 0 aliphatic rings. The minimum atomic E-state index is 0.470. The van der Waals surface area contributed by atoms with Crippen LogP contribution in [-0.2, 0) is 13.2 Å². The Morgan fingerprint density at radius 1 is 1.21 bits per heavy atom. The maximum atomic E-state index is 5.93. The van der Waals surface area contributed by atoms with Gasteiger partial charge in [0.15, 0.2) is 0 Å². The second kappa shape index (κ2) is 7.12. The Bertz CT molecular complexity index is 531. The first kappa shape index (κ1) is 13.8. The number of nitrogens with one attached hydrogen (secondary N) is 1. The zero-order valence-electron chi connectivity index (χ0n) is 10.9. The van der Waals surface area contributed by atoms with Crippen LogP contribution >= 0.6 is 11.6 Å². The first-order chi connectivity index (χ1) is 9.28. The second-order valence-corrected chi connectivity index (χ2v) is 4.60. The van der Waals surface area contributed by atoms with Gasteiger partial charge in [-0.15, -0.1) is 0 Å². The Hall–Kier alpha value is -1.58. The van der Waals surface area contributed by atoms with Crippen molar-refractivity contribution in [2.24, 2.45) is 0 Å². The molecule has 2 rings (SSSR count). The van der Waals surface area contributed by atoms with Crippen molar-refractivity contribution in [3.63, 3.8) is 0 Å². The molecule has 0 bridgehead atoms. The van der Waals surface area contributed by atoms with Gasteiger partial charge in [-0.1, -0.05) is 36.7 Å². The van der Waals surface area contributed by atoms with Crippen molar-refractivity contribution in [1.82, 2.24) is 10.3 Å². The van der Waals surface area contributed by atoms with E-state index in [0.717, 1.165) is 29.4 Å². The van der Waals surface area contributed by atoms with Crippen LogP contribution in [0.5, 0.6) is 5.88 Å². The molecule has 0 atom stereocenters. The maximum absolute atomic E-state index is 5.93. The summed E-state index contributed by atoms with van der Waals surface area (Å²) in [6, 6.07) is 13.4. The molecule has 1 N–H and O–H groups in total. The van der Waals surface area contributed by atoms with E-state index in [1.807, 2.05) is 42.5 Å². The van der Waals surface area contributed by atoms with E-state index in [9.17, 15) is 0 Å². The Kier molecular flexibility index (Phi) is 5.19. The summed E-state index contributed by atoms with van der Waals surface area (Å²) in [7, 11) is 0. The second-order valence-electron chi connectivity index (χ2n) is 4.17. The van der Waals surface area contributed by atoms with Gasteiger partial charge in [0.2, 0.25) is 5.88 Å². The lowest BCUT2D eigenvalue weighted by molar-refractivity contribution is 0.293. The van der Waals surface area contributed by atoms with Crippen molar-refractivity contribution in [2.45, 2.75) is 20.1 Å². The normalized spacial score (nSPS) is 10.4. The molecule has 0 saturated heterocycles. The van der Waals surface area contributed by atoms with Gasteiger partial charge in [0.05, 0.1) is 5.69 Å². The van der Waals surface area contributed by atoms with Gasteiger partial charge in [-0.05, 0) is 30.3 Å². The van der Waals surface area contributed by atoms with Gasteiger partial charge in [-0.25, -0.2) is 4.98 Å². The average Bonchev–Trinajstić information content (AvgIpc) is 2.43. The number of benzene rings is 1. The SMILES string of the molecule is CCNCc1cccc(OCc2cccc(Cl)c2)n1. The van der Waals surface area contributed by atoms with Gasteiger partial charge in [0.25, 0.3) is 0 Å². The smallest absolute Gasteiger partial charge is 0.213 e. The van der Waals surface area contributed by atoms with Crippen LogP contribution in [0.1, 0.15) is 18.2 Å². The zero-order valence-corrected chi connectivity index (χ0v) is 11.7. The number of hydrogen-bond acceptors (Lipinski definition) is 3. The fourth-order valence-electron chi connectivity index (χ4n) is 1.67. The Balaban J connectivity index is 1.95. The predicted octanol–water partition coefficient (Wildman–Crippen LogP) is 3.42. The van der Waals surface area contributed by atoms with Gasteiger partial charge in [-0.3, -0.25) is 0 Å². The van der Waals surface area contributed by atoms with E-state index in [2.05, 4.69) is 17.2 Å². The summed E-state index contributed by atoms with van der Waals surface area (Å²) in [5.41, 5.74) is 2.01. The standard InChI is InChI=1S/C15H17ClN2O/c1-2-17-10-14-7-4-8-15(18-14)19-11-12-5-3-6-13(16)9-12/h3-9,17H,2,10-11H2,1H3. The number of pyridine rings is 1. The monoisotopic (exact) mass is 276 g/mol. The quantitative estimate of drug-likeness (QED) is 0.878. The highest BCUT2D eigenvalue weighted by Gasteiger charge is 2.00. The van der Waals surface area contributed by atoms with Crippen LogP contribution in [0.2, 0.25) is 5.02 Å². The Morgan fingerprint density at radius 3 is 2.84 bits per heavy atom. The highest BCUT2D eigenvalue weighted by molar-refractivity contribution is 6.30. The Morgan fingerprint density at radius 2 is 2.05 bits per heavy atom. The molecule has 1 aromatic carbocycles. The van der Waals surface area contributed by atoms with Gasteiger partial charge >= 0.3 is 0 Å². The van der Waals surface area contributed by atoms with Crippen LogP contribution < -0.4 is 10.1 Å². The number of hydrogen-bond donors (Lipinski definition) is 1. The number of ether oxygens (including phenoxy) is 1. The fourth-order valence-corrected chi connectivity index (χ4v) is 1.89. The van der Waals surface area contributed by atoms with E-state index in [1.54, 1.807) is 0 Å². The third-order valence-corrected chi connectivity index (χ3v) is 2.85. The van der Waals surface area contributed by atoms with Gasteiger partial charge in [0.1, 0.15) is 6.61 Å². The molecule has 0 fully saturated rings. The number of nitrogens with zero attached hydrogens (tertiary/aromatic N) is 1. The first-order valence-corrected chi connectivity index (χ1v) is 6.69. The van der Waals surface area contributed by atoms with Gasteiger partial charge in [0, 0.05) is 17.6 Å². The van der Waals surface area contributed by atoms with Crippen molar-refractivity contribution in [3.05, 3.63) is 58.7 Å². The molecule has 2 aromatic rings. The van der Waals surface area contributed by atoms with Crippen molar-refractivity contribution in [1.29, 1.82) is 0 Å². The fraction of sp³-hybridized carbons (Fsp3) is 0.267. The molecule has 1 heterocycles. The minimum absolute atomic E-state index is 0.470. The molecular weight excluding hydrogens is 260 g/mol. The number of aromatic nitrogens is 1. The predicted molar refractivity (Wildman–Crippen MR) is 77.4 cm³/mol. The molecule has 19 heavy (non-hydrogen) atoms. The zero-order chi connectivity index (χ0) is 13.5. The van der Waals surface area contributed by atoms with Crippen LogP contribution in [-0.4, -0.2) is 11.5 Å². The summed E-state index contributed by atoms with van der Waals surface area (Å²) in [6.07, 6.45) is 0. The van der Waals surface area contributed by atoms with E-state index in [1.165, 1.54) is 0 Å². The molecule has 0 saturated carbocycles. The molecule has 0 aliphatic carbocycles. The van der Waals surface area contributed by atoms with Gasteiger partial charge < -0.3 is 10.1 Å². The number of rotatable bonds is 6. The summed E-state index contributed by atoms with van der Waals surface area (Å²) in [5.74, 6) is 0.635. The Labute approximate surface area is 118 Å². The molecule has 0 unspecified atom stereocenters. The summed E-state index contributed by atoms with van der Waals surface area (Å²) < 4.78 is 5.67. The molecule has 1 aromatic heterocycles. The topological polar surface area (TPSA) is 34.1 Å². The number of halogens is 1. The van der Waals surface area contributed by atoms with Crippen LogP contribution in [0.15, 0.2) is 42.5 Å². The van der Waals surface area contributed by atoms with E-state index in [-0.39, 0.29) is 0 Å². The van der Waals surface area contributed by atoms with Crippen LogP contribution in [0, 0.1) is 0 Å². The van der Waals surface area contributed by atoms with Crippen LogP contribution in [0.3, 0.4) is 0 Å². The van der Waals surface area contributed by atoms with Crippen molar-refractivity contribution in [3.8, 4) is 5.88 Å². The molecule has 0 aliphatic heterocycles. The molecule has 100 valence electrons. The highest BCUT2D eigenvalue weighted by atomic mass is 35.5. The molecular formula is C15H17ClN2O. The highest BCUT2D eigenvalue weighted by Crippen LogP contribution is 2.14. The van der Waals surface area contributed by atoms with Crippen molar-refractivity contribution >= 4 is 11.6 Å². The first-order valence-electron chi connectivity index (χ1n) is 6.32. The summed E-state index contributed by atoms with van der Waals surface area (Å²) in [5, 5.41) is 3.96. The molecule has 0 spiro atoms. The van der Waals surface area contributed by atoms with E-state index < -0.39 is 0 Å². The molecule has 0 amide bonds. The van der Waals surface area contributed by atoms with E-state index in [4.69, 9.17) is 16.3 Å². The van der Waals surface area contributed by atoms with Crippen molar-refractivity contribution in [2.75, 3.05) is 6.54 Å². The summed E-state index contributed by atoms with van der Waals surface area (Å²) >= 11 is 5.93. The average molecular weight is 277 g/mol.